The molecule has 1 aromatic carbocycles. The van der Waals surface area contributed by atoms with Crippen LogP contribution in [-0.2, 0) is 14.8 Å². The molecule has 0 unspecified atom stereocenters. The lowest BCUT2D eigenvalue weighted by Crippen LogP contribution is -2.49. The topological polar surface area (TPSA) is 69.7 Å². The molecule has 3 rings (SSSR count). The number of amides is 1. The highest BCUT2D eigenvalue weighted by atomic mass is 32.2. The fourth-order valence-corrected chi connectivity index (χ4v) is 5.87. The fourth-order valence-electron chi connectivity index (χ4n) is 4.38. The van der Waals surface area contributed by atoms with Gasteiger partial charge < -0.3 is 10.2 Å². The number of sulfonamides is 1. The van der Waals surface area contributed by atoms with E-state index in [1.54, 1.807) is 4.31 Å². The Morgan fingerprint density at radius 2 is 1.86 bits per heavy atom. The van der Waals surface area contributed by atoms with Crippen LogP contribution >= 0.6 is 0 Å². The summed E-state index contributed by atoms with van der Waals surface area (Å²) in [6, 6.07) is 8.32. The van der Waals surface area contributed by atoms with Crippen molar-refractivity contribution in [3.8, 4) is 0 Å². The van der Waals surface area contributed by atoms with E-state index in [2.05, 4.69) is 35.3 Å². The van der Waals surface area contributed by atoms with Gasteiger partial charge in [0.05, 0.1) is 5.75 Å². The standard InChI is InChI=1S/C22H35N3O3S/c1-19-6-4-9-21(18-19)24-13-15-25(16-14-24)29(27,28)17-5-12-23-22(26)11-10-20-7-2-3-8-20/h4,6,9,18,20H,2-3,5,7-8,10-17H2,1H3,(H,23,26). The van der Waals surface area contributed by atoms with Crippen molar-refractivity contribution in [1.82, 2.24) is 9.62 Å². The van der Waals surface area contributed by atoms with Gasteiger partial charge in [0.2, 0.25) is 15.9 Å². The summed E-state index contributed by atoms with van der Waals surface area (Å²) >= 11 is 0. The first-order valence-corrected chi connectivity index (χ1v) is 12.6. The number of carbonyl (C=O) groups is 1. The molecule has 1 N–H and O–H groups in total. The third kappa shape index (κ3) is 6.71. The third-order valence-corrected chi connectivity index (χ3v) is 8.11. The normalized spacial score (nSPS) is 18.9. The maximum Gasteiger partial charge on any atom is 0.220 e. The minimum Gasteiger partial charge on any atom is -0.369 e. The van der Waals surface area contributed by atoms with Crippen molar-refractivity contribution in [1.29, 1.82) is 0 Å². The van der Waals surface area contributed by atoms with E-state index in [0.717, 1.165) is 12.1 Å². The number of hydrogen-bond acceptors (Lipinski definition) is 4. The Hall–Kier alpha value is -1.60. The van der Waals surface area contributed by atoms with E-state index in [9.17, 15) is 13.2 Å². The summed E-state index contributed by atoms with van der Waals surface area (Å²) in [6.45, 7) is 4.96. The van der Waals surface area contributed by atoms with Gasteiger partial charge in [-0.15, -0.1) is 0 Å². The molecule has 2 aliphatic rings. The second-order valence-electron chi connectivity index (χ2n) is 8.43. The van der Waals surface area contributed by atoms with Crippen LogP contribution in [0.5, 0.6) is 0 Å². The Balaban J connectivity index is 1.34. The van der Waals surface area contributed by atoms with Gasteiger partial charge in [-0.1, -0.05) is 37.8 Å². The van der Waals surface area contributed by atoms with E-state index in [1.807, 2.05) is 6.07 Å². The smallest absolute Gasteiger partial charge is 0.220 e. The lowest BCUT2D eigenvalue weighted by Gasteiger charge is -2.35. The quantitative estimate of drug-likeness (QED) is 0.623. The van der Waals surface area contributed by atoms with Gasteiger partial charge in [-0.25, -0.2) is 8.42 Å². The number of nitrogens with zero attached hydrogens (tertiary/aromatic N) is 2. The van der Waals surface area contributed by atoms with Crippen molar-refractivity contribution in [3.63, 3.8) is 0 Å². The van der Waals surface area contributed by atoms with Gasteiger partial charge in [-0.2, -0.15) is 4.31 Å². The SMILES string of the molecule is Cc1cccc(N2CCN(S(=O)(=O)CCCNC(=O)CCC3CCCC3)CC2)c1. The van der Waals surface area contributed by atoms with E-state index in [-0.39, 0.29) is 11.7 Å². The molecule has 29 heavy (non-hydrogen) atoms. The molecule has 0 radical (unpaired) electrons. The van der Waals surface area contributed by atoms with Crippen LogP contribution in [0.2, 0.25) is 0 Å². The predicted octanol–water partition coefficient (Wildman–Crippen LogP) is 2.92. The van der Waals surface area contributed by atoms with Crippen LogP contribution in [-0.4, -0.2) is 57.1 Å². The maximum absolute atomic E-state index is 12.6. The van der Waals surface area contributed by atoms with Crippen LogP contribution in [0.4, 0.5) is 5.69 Å². The monoisotopic (exact) mass is 421 g/mol. The van der Waals surface area contributed by atoms with Crippen molar-refractivity contribution in [2.75, 3.05) is 43.4 Å². The molecule has 0 aromatic heterocycles. The van der Waals surface area contributed by atoms with Crippen LogP contribution in [0.25, 0.3) is 0 Å². The zero-order valence-corrected chi connectivity index (χ0v) is 18.4. The first kappa shape index (κ1) is 22.1. The minimum absolute atomic E-state index is 0.0565. The van der Waals surface area contributed by atoms with Gasteiger partial charge >= 0.3 is 0 Å². The fraction of sp³-hybridized carbons (Fsp3) is 0.682. The summed E-state index contributed by atoms with van der Waals surface area (Å²) in [5.41, 5.74) is 2.37. The number of hydrogen-bond donors (Lipinski definition) is 1. The number of benzene rings is 1. The van der Waals surface area contributed by atoms with Crippen molar-refractivity contribution >= 4 is 21.6 Å². The van der Waals surface area contributed by atoms with E-state index >= 15 is 0 Å². The molecular formula is C22H35N3O3S. The first-order valence-electron chi connectivity index (χ1n) is 11.0. The number of rotatable bonds is 9. The van der Waals surface area contributed by atoms with Crippen molar-refractivity contribution in [2.24, 2.45) is 5.92 Å². The van der Waals surface area contributed by atoms with Crippen molar-refractivity contribution in [3.05, 3.63) is 29.8 Å². The maximum atomic E-state index is 12.6. The summed E-state index contributed by atoms with van der Waals surface area (Å²) in [5.74, 6) is 0.862. The van der Waals surface area contributed by atoms with Crippen LogP contribution in [0.15, 0.2) is 24.3 Å². The summed E-state index contributed by atoms with van der Waals surface area (Å²) in [5, 5.41) is 2.89. The molecule has 1 heterocycles. The zero-order valence-electron chi connectivity index (χ0n) is 17.6. The van der Waals surface area contributed by atoms with Crippen LogP contribution in [0.3, 0.4) is 0 Å². The van der Waals surface area contributed by atoms with Gasteiger partial charge in [0.25, 0.3) is 0 Å². The van der Waals surface area contributed by atoms with E-state index < -0.39 is 10.0 Å². The second kappa shape index (κ2) is 10.4. The number of carbonyl (C=O) groups excluding carboxylic acids is 1. The molecule has 6 nitrogen and oxygen atoms in total. The minimum atomic E-state index is -3.27. The lowest BCUT2D eigenvalue weighted by atomic mass is 10.0. The Bertz CT molecular complexity index is 767. The number of anilines is 1. The second-order valence-corrected chi connectivity index (χ2v) is 10.5. The highest BCUT2D eigenvalue weighted by Gasteiger charge is 2.26. The molecule has 0 atom stereocenters. The molecule has 7 heteroatoms. The molecule has 1 saturated carbocycles. The lowest BCUT2D eigenvalue weighted by molar-refractivity contribution is -0.121. The highest BCUT2D eigenvalue weighted by Crippen LogP contribution is 2.28. The van der Waals surface area contributed by atoms with Gasteiger partial charge in [-0.05, 0) is 43.4 Å². The molecule has 0 bridgehead atoms. The molecule has 1 aromatic rings. The van der Waals surface area contributed by atoms with Crippen LogP contribution in [0.1, 0.15) is 50.5 Å². The van der Waals surface area contributed by atoms with E-state index in [1.165, 1.54) is 31.2 Å². The summed E-state index contributed by atoms with van der Waals surface area (Å²) in [6.07, 6.45) is 7.10. The largest absolute Gasteiger partial charge is 0.369 e. The predicted molar refractivity (Wildman–Crippen MR) is 118 cm³/mol. The number of aryl methyl sites for hydroxylation is 1. The van der Waals surface area contributed by atoms with Gasteiger partial charge in [0.15, 0.2) is 0 Å². The third-order valence-electron chi connectivity index (χ3n) is 6.15. The average Bonchev–Trinajstić information content (AvgIpc) is 3.23. The summed E-state index contributed by atoms with van der Waals surface area (Å²) < 4.78 is 26.8. The van der Waals surface area contributed by atoms with Crippen LogP contribution in [0, 0.1) is 12.8 Å². The van der Waals surface area contributed by atoms with E-state index in [0.29, 0.717) is 51.5 Å². The highest BCUT2D eigenvalue weighted by molar-refractivity contribution is 7.89. The van der Waals surface area contributed by atoms with Gasteiger partial charge in [-0.3, -0.25) is 4.79 Å². The molecule has 1 saturated heterocycles. The Morgan fingerprint density at radius 3 is 2.55 bits per heavy atom. The number of piperazine rings is 1. The summed E-state index contributed by atoms with van der Waals surface area (Å²) in [7, 11) is -3.27. The average molecular weight is 422 g/mol. The van der Waals surface area contributed by atoms with Crippen molar-refractivity contribution < 1.29 is 13.2 Å². The Kier molecular flexibility index (Phi) is 7.95. The van der Waals surface area contributed by atoms with Crippen LogP contribution < -0.4 is 10.2 Å². The Morgan fingerprint density at radius 1 is 1.14 bits per heavy atom. The molecule has 1 aliphatic heterocycles. The first-order chi connectivity index (χ1) is 13.9. The summed E-state index contributed by atoms with van der Waals surface area (Å²) in [4.78, 5) is 14.2. The van der Waals surface area contributed by atoms with Gasteiger partial charge in [0, 0.05) is 44.8 Å². The van der Waals surface area contributed by atoms with E-state index in [4.69, 9.17) is 0 Å². The molecular weight excluding hydrogens is 386 g/mol. The molecule has 0 spiro atoms. The molecule has 1 aliphatic carbocycles. The molecule has 2 fully saturated rings. The molecule has 162 valence electrons. The van der Waals surface area contributed by atoms with Crippen molar-refractivity contribution in [2.45, 2.75) is 51.9 Å². The molecule has 1 amide bonds. The Labute approximate surface area is 175 Å². The zero-order chi connectivity index (χ0) is 20.7. The number of nitrogens with one attached hydrogen (secondary N) is 1. The van der Waals surface area contributed by atoms with Gasteiger partial charge in [0.1, 0.15) is 0 Å².